The van der Waals surface area contributed by atoms with Gasteiger partial charge in [-0.1, -0.05) is 11.6 Å². The average Bonchev–Trinajstić information content (AvgIpc) is 3.05. The van der Waals surface area contributed by atoms with Crippen molar-refractivity contribution in [1.29, 1.82) is 0 Å². The molecule has 28 heavy (non-hydrogen) atoms. The maximum atomic E-state index is 12.0. The van der Waals surface area contributed by atoms with E-state index in [2.05, 4.69) is 25.5 Å². The van der Waals surface area contributed by atoms with Crippen LogP contribution in [0.15, 0.2) is 23.3 Å². The van der Waals surface area contributed by atoms with Gasteiger partial charge < -0.3 is 25.0 Å². The summed E-state index contributed by atoms with van der Waals surface area (Å²) in [6.07, 6.45) is 2.01. The van der Waals surface area contributed by atoms with E-state index in [1.807, 2.05) is 27.7 Å². The summed E-state index contributed by atoms with van der Waals surface area (Å²) in [7, 11) is 0. The third-order valence-electron chi connectivity index (χ3n) is 3.85. The molecule has 0 bridgehead atoms. The standard InChI is InChI=1S/C19H30ClN5O3/c1-5-21-17(22-9-11-27-16-7-6-14(20)12-23-16)25-10-8-15(13-25)24-18(26)28-19(2,3)4/h6-7,12,15H,5,8-11,13H2,1-4H3,(H,21,22)(H,24,26)/t15-/m1/s1. The SMILES string of the molecule is CCNC(=NCCOc1ccc(Cl)cn1)N1CC[C@@H](NC(=O)OC(C)(C)C)C1. The van der Waals surface area contributed by atoms with E-state index >= 15 is 0 Å². The lowest BCUT2D eigenvalue weighted by Crippen LogP contribution is -2.44. The first kappa shape index (κ1) is 22.1. The molecule has 8 nitrogen and oxygen atoms in total. The summed E-state index contributed by atoms with van der Waals surface area (Å²) < 4.78 is 10.9. The Bertz CT molecular complexity index is 661. The normalized spacial score (nSPS) is 17.4. The number of guanidine groups is 1. The summed E-state index contributed by atoms with van der Waals surface area (Å²) in [6.45, 7) is 10.7. The highest BCUT2D eigenvalue weighted by molar-refractivity contribution is 6.30. The minimum absolute atomic E-state index is 0.0354. The highest BCUT2D eigenvalue weighted by atomic mass is 35.5. The third-order valence-corrected chi connectivity index (χ3v) is 4.07. The maximum Gasteiger partial charge on any atom is 0.407 e. The molecule has 1 amide bonds. The summed E-state index contributed by atoms with van der Waals surface area (Å²) in [4.78, 5) is 22.8. The molecule has 1 aromatic rings. The number of aliphatic imine (C=N–C) groups is 1. The lowest BCUT2D eigenvalue weighted by molar-refractivity contribution is 0.0507. The molecular formula is C19H30ClN5O3. The number of pyridine rings is 1. The first-order chi connectivity index (χ1) is 13.3. The van der Waals surface area contributed by atoms with E-state index < -0.39 is 5.60 Å². The molecule has 2 heterocycles. The van der Waals surface area contributed by atoms with E-state index in [0.29, 0.717) is 30.6 Å². The number of amides is 1. The Labute approximate surface area is 171 Å². The molecule has 0 radical (unpaired) electrons. The molecule has 1 aliphatic heterocycles. The molecule has 2 rings (SSSR count). The minimum atomic E-state index is -0.502. The van der Waals surface area contributed by atoms with Crippen molar-refractivity contribution in [2.75, 3.05) is 32.8 Å². The first-order valence-electron chi connectivity index (χ1n) is 9.54. The smallest absolute Gasteiger partial charge is 0.407 e. The Morgan fingerprint density at radius 1 is 1.43 bits per heavy atom. The molecule has 1 atom stereocenters. The number of nitrogens with zero attached hydrogens (tertiary/aromatic N) is 3. The van der Waals surface area contributed by atoms with E-state index in [-0.39, 0.29) is 12.1 Å². The van der Waals surface area contributed by atoms with Gasteiger partial charge in [0, 0.05) is 31.9 Å². The molecule has 0 spiro atoms. The van der Waals surface area contributed by atoms with Gasteiger partial charge >= 0.3 is 6.09 Å². The molecule has 156 valence electrons. The third kappa shape index (κ3) is 7.80. The molecule has 9 heteroatoms. The van der Waals surface area contributed by atoms with Crippen LogP contribution in [0.4, 0.5) is 4.79 Å². The number of halogens is 1. The summed E-state index contributed by atoms with van der Waals surface area (Å²) in [5.74, 6) is 1.33. The molecule has 2 N–H and O–H groups in total. The van der Waals surface area contributed by atoms with Crippen LogP contribution in [-0.2, 0) is 4.74 Å². The van der Waals surface area contributed by atoms with Crippen LogP contribution < -0.4 is 15.4 Å². The number of hydrogen-bond donors (Lipinski definition) is 2. The van der Waals surface area contributed by atoms with E-state index in [4.69, 9.17) is 21.1 Å². The molecule has 1 aliphatic rings. The van der Waals surface area contributed by atoms with Gasteiger partial charge in [0.1, 0.15) is 12.2 Å². The highest BCUT2D eigenvalue weighted by Crippen LogP contribution is 2.13. The fourth-order valence-corrected chi connectivity index (χ4v) is 2.83. The highest BCUT2D eigenvalue weighted by Gasteiger charge is 2.27. The second-order valence-corrected chi connectivity index (χ2v) is 7.91. The summed E-state index contributed by atoms with van der Waals surface area (Å²) in [5, 5.41) is 6.79. The fraction of sp³-hybridized carbons (Fsp3) is 0.632. The number of ether oxygens (including phenoxy) is 2. The van der Waals surface area contributed by atoms with Crippen molar-refractivity contribution >= 4 is 23.7 Å². The Morgan fingerprint density at radius 2 is 2.21 bits per heavy atom. The van der Waals surface area contributed by atoms with Crippen LogP contribution in [0.1, 0.15) is 34.1 Å². The van der Waals surface area contributed by atoms with E-state index in [0.717, 1.165) is 25.5 Å². The number of hydrogen-bond acceptors (Lipinski definition) is 5. The second kappa shape index (κ2) is 10.4. The van der Waals surface area contributed by atoms with Gasteiger partial charge in [0.15, 0.2) is 5.96 Å². The van der Waals surface area contributed by atoms with Gasteiger partial charge in [-0.15, -0.1) is 0 Å². The number of nitrogens with one attached hydrogen (secondary N) is 2. The van der Waals surface area contributed by atoms with Crippen LogP contribution in [0.3, 0.4) is 0 Å². The molecule has 1 aromatic heterocycles. The van der Waals surface area contributed by atoms with Gasteiger partial charge in [-0.2, -0.15) is 0 Å². The van der Waals surface area contributed by atoms with Crippen LogP contribution in [-0.4, -0.2) is 66.4 Å². The summed E-state index contributed by atoms with van der Waals surface area (Å²) in [5.41, 5.74) is -0.502. The number of rotatable bonds is 6. The minimum Gasteiger partial charge on any atom is -0.476 e. The molecule has 1 fully saturated rings. The van der Waals surface area contributed by atoms with Crippen molar-refractivity contribution in [3.05, 3.63) is 23.4 Å². The topological polar surface area (TPSA) is 88.1 Å². The van der Waals surface area contributed by atoms with Crippen molar-refractivity contribution in [3.8, 4) is 5.88 Å². The molecule has 0 saturated carbocycles. The maximum absolute atomic E-state index is 12.0. The summed E-state index contributed by atoms with van der Waals surface area (Å²) in [6, 6.07) is 3.50. The van der Waals surface area contributed by atoms with Gasteiger partial charge in [-0.05, 0) is 40.2 Å². The Morgan fingerprint density at radius 3 is 2.86 bits per heavy atom. The van der Waals surface area contributed by atoms with E-state index in [1.165, 1.54) is 0 Å². The number of likely N-dealkylation sites (tertiary alicyclic amines) is 1. The Hall–Kier alpha value is -2.22. The zero-order valence-electron chi connectivity index (χ0n) is 17.0. The number of carbonyl (C=O) groups is 1. The molecule has 0 aromatic carbocycles. The van der Waals surface area contributed by atoms with Crippen LogP contribution in [0.2, 0.25) is 5.02 Å². The van der Waals surface area contributed by atoms with Crippen LogP contribution in [0.25, 0.3) is 0 Å². The fourth-order valence-electron chi connectivity index (χ4n) is 2.72. The molecule has 0 unspecified atom stereocenters. The largest absolute Gasteiger partial charge is 0.476 e. The molecular weight excluding hydrogens is 382 g/mol. The monoisotopic (exact) mass is 411 g/mol. The Balaban J connectivity index is 1.81. The van der Waals surface area contributed by atoms with Crippen molar-refractivity contribution in [2.45, 2.75) is 45.8 Å². The predicted molar refractivity (Wildman–Crippen MR) is 110 cm³/mol. The lowest BCUT2D eigenvalue weighted by atomic mass is 10.2. The lowest BCUT2D eigenvalue weighted by Gasteiger charge is -2.23. The predicted octanol–water partition coefficient (Wildman–Crippen LogP) is 2.68. The van der Waals surface area contributed by atoms with Crippen LogP contribution in [0.5, 0.6) is 5.88 Å². The van der Waals surface area contributed by atoms with Crippen molar-refractivity contribution in [3.63, 3.8) is 0 Å². The number of aromatic nitrogens is 1. The van der Waals surface area contributed by atoms with Gasteiger partial charge in [-0.3, -0.25) is 0 Å². The van der Waals surface area contributed by atoms with Crippen molar-refractivity contribution < 1.29 is 14.3 Å². The van der Waals surface area contributed by atoms with E-state index in [9.17, 15) is 4.79 Å². The van der Waals surface area contributed by atoms with Gasteiger partial charge in [-0.25, -0.2) is 14.8 Å². The molecule has 1 saturated heterocycles. The van der Waals surface area contributed by atoms with Crippen molar-refractivity contribution in [2.24, 2.45) is 4.99 Å². The Kier molecular flexibility index (Phi) is 8.17. The zero-order valence-corrected chi connectivity index (χ0v) is 17.8. The van der Waals surface area contributed by atoms with Crippen LogP contribution in [0, 0.1) is 0 Å². The van der Waals surface area contributed by atoms with Gasteiger partial charge in [0.2, 0.25) is 5.88 Å². The quantitative estimate of drug-likeness (QED) is 0.425. The average molecular weight is 412 g/mol. The number of alkyl carbamates (subject to hydrolysis) is 1. The summed E-state index contributed by atoms with van der Waals surface area (Å²) >= 11 is 5.81. The van der Waals surface area contributed by atoms with Crippen LogP contribution >= 0.6 is 11.6 Å². The van der Waals surface area contributed by atoms with Gasteiger partial charge in [0.25, 0.3) is 0 Å². The van der Waals surface area contributed by atoms with Crippen molar-refractivity contribution in [1.82, 2.24) is 20.5 Å². The van der Waals surface area contributed by atoms with Gasteiger partial charge in [0.05, 0.1) is 17.6 Å². The first-order valence-corrected chi connectivity index (χ1v) is 9.92. The number of carbonyl (C=O) groups excluding carboxylic acids is 1. The molecule has 0 aliphatic carbocycles. The second-order valence-electron chi connectivity index (χ2n) is 7.48. The van der Waals surface area contributed by atoms with E-state index in [1.54, 1.807) is 18.3 Å². The zero-order chi connectivity index (χ0) is 20.6.